The third-order valence-corrected chi connectivity index (χ3v) is 7.25. The Kier molecular flexibility index (Phi) is 6.45. The number of benzene rings is 2. The zero-order valence-corrected chi connectivity index (χ0v) is 20.2. The Morgan fingerprint density at radius 2 is 1.74 bits per heavy atom. The summed E-state index contributed by atoms with van der Waals surface area (Å²) in [5.74, 6) is 1.13. The number of carbonyl (C=O) groups is 2. The first kappa shape index (κ1) is 22.7. The van der Waals surface area contributed by atoms with Crippen LogP contribution in [0.3, 0.4) is 0 Å². The zero-order chi connectivity index (χ0) is 23.7. The Morgan fingerprint density at radius 1 is 1.03 bits per heavy atom. The summed E-state index contributed by atoms with van der Waals surface area (Å²) < 4.78 is 10.8. The lowest BCUT2D eigenvalue weighted by molar-refractivity contribution is 0.0633. The average molecular weight is 498 g/mol. The molecule has 7 nitrogen and oxygen atoms in total. The van der Waals surface area contributed by atoms with Gasteiger partial charge in [-0.05, 0) is 36.8 Å². The first-order valence-electron chi connectivity index (χ1n) is 11.0. The van der Waals surface area contributed by atoms with Crippen molar-refractivity contribution in [2.75, 3.05) is 38.3 Å². The van der Waals surface area contributed by atoms with Crippen LogP contribution in [0.15, 0.2) is 47.8 Å². The molecule has 176 valence electrons. The molecule has 34 heavy (non-hydrogen) atoms. The maximum atomic E-state index is 13.0. The topological polar surface area (TPSA) is 71.1 Å². The van der Waals surface area contributed by atoms with Crippen LogP contribution < -0.4 is 14.8 Å². The van der Waals surface area contributed by atoms with Crippen LogP contribution in [-0.4, -0.2) is 54.6 Å². The summed E-state index contributed by atoms with van der Waals surface area (Å²) in [6.45, 7) is 5.60. The second-order valence-electron chi connectivity index (χ2n) is 8.39. The van der Waals surface area contributed by atoms with Gasteiger partial charge in [-0.15, -0.1) is 11.3 Å². The fourth-order valence-corrected chi connectivity index (χ4v) is 5.06. The van der Waals surface area contributed by atoms with E-state index in [9.17, 15) is 9.59 Å². The Labute approximate surface area is 206 Å². The Morgan fingerprint density at radius 3 is 2.47 bits per heavy atom. The van der Waals surface area contributed by atoms with Gasteiger partial charge in [0.2, 0.25) is 6.79 Å². The number of piperazine rings is 1. The number of carbonyl (C=O) groups excluding carboxylic acids is 2. The number of ether oxygens (including phenoxy) is 2. The molecule has 2 aliphatic heterocycles. The van der Waals surface area contributed by atoms with Gasteiger partial charge in [-0.25, -0.2) is 0 Å². The number of nitrogens with zero attached hydrogens (tertiary/aromatic N) is 2. The first-order chi connectivity index (χ1) is 16.5. The van der Waals surface area contributed by atoms with Crippen LogP contribution in [0.5, 0.6) is 11.5 Å². The van der Waals surface area contributed by atoms with E-state index < -0.39 is 0 Å². The van der Waals surface area contributed by atoms with E-state index in [2.05, 4.69) is 10.2 Å². The molecule has 2 aromatic carbocycles. The molecule has 2 amide bonds. The van der Waals surface area contributed by atoms with Gasteiger partial charge in [0, 0.05) is 54.9 Å². The van der Waals surface area contributed by atoms with Crippen LogP contribution >= 0.6 is 22.9 Å². The van der Waals surface area contributed by atoms with E-state index in [1.54, 1.807) is 17.5 Å². The van der Waals surface area contributed by atoms with E-state index in [0.717, 1.165) is 29.9 Å². The molecule has 2 aliphatic rings. The van der Waals surface area contributed by atoms with Crippen molar-refractivity contribution in [1.29, 1.82) is 0 Å². The molecule has 1 saturated heterocycles. The smallest absolute Gasteiger partial charge is 0.264 e. The molecule has 0 atom stereocenters. The van der Waals surface area contributed by atoms with E-state index in [-0.39, 0.29) is 18.6 Å². The van der Waals surface area contributed by atoms with Crippen LogP contribution in [-0.2, 0) is 6.54 Å². The van der Waals surface area contributed by atoms with E-state index in [4.69, 9.17) is 21.1 Å². The minimum atomic E-state index is -0.218. The normalized spacial score (nSPS) is 15.4. The largest absolute Gasteiger partial charge is 0.454 e. The Hall–Kier alpha value is -3.07. The van der Waals surface area contributed by atoms with Crippen molar-refractivity contribution in [3.8, 4) is 11.5 Å². The van der Waals surface area contributed by atoms with E-state index >= 15 is 0 Å². The molecule has 9 heteroatoms. The van der Waals surface area contributed by atoms with Gasteiger partial charge in [0.05, 0.1) is 10.4 Å². The number of hydrogen-bond donors (Lipinski definition) is 1. The predicted octanol–water partition coefficient (Wildman–Crippen LogP) is 4.65. The summed E-state index contributed by atoms with van der Waals surface area (Å²) in [6.07, 6.45) is 0. The minimum Gasteiger partial charge on any atom is -0.454 e. The Bertz CT molecular complexity index is 1220. The fraction of sp³-hybridized carbons (Fsp3) is 0.280. The molecular formula is C25H24ClN3O4S. The number of hydrogen-bond acceptors (Lipinski definition) is 6. The lowest BCUT2D eigenvalue weighted by Gasteiger charge is -2.34. The second kappa shape index (κ2) is 9.66. The van der Waals surface area contributed by atoms with Crippen molar-refractivity contribution in [2.45, 2.75) is 13.5 Å². The van der Waals surface area contributed by atoms with Gasteiger partial charge in [-0.2, -0.15) is 0 Å². The standard InChI is InChI=1S/C25H24ClN3O4S/c1-16-2-4-19(5-3-16)27-24(30)18-11-23(34-14-18)25(31)29-8-6-28(7-9-29)13-17-10-21-22(12-20(17)26)33-15-32-21/h2-5,10-12,14H,6-9,13,15H2,1H3,(H,27,30). The van der Waals surface area contributed by atoms with Crippen LogP contribution in [0, 0.1) is 6.92 Å². The third kappa shape index (κ3) is 4.89. The maximum absolute atomic E-state index is 13.0. The van der Waals surface area contributed by atoms with Crippen molar-refractivity contribution in [3.63, 3.8) is 0 Å². The summed E-state index contributed by atoms with van der Waals surface area (Å²) in [6, 6.07) is 13.0. The highest BCUT2D eigenvalue weighted by Gasteiger charge is 2.25. The summed E-state index contributed by atoms with van der Waals surface area (Å²) in [5, 5.41) is 5.26. The van der Waals surface area contributed by atoms with E-state index in [1.807, 2.05) is 42.2 Å². The van der Waals surface area contributed by atoms with E-state index in [0.29, 0.717) is 46.6 Å². The third-order valence-electron chi connectivity index (χ3n) is 5.98. The first-order valence-corrected chi connectivity index (χ1v) is 12.3. The van der Waals surface area contributed by atoms with Crippen molar-refractivity contribution >= 4 is 40.4 Å². The average Bonchev–Trinajstić information content (AvgIpc) is 3.51. The number of thiophene rings is 1. The van der Waals surface area contributed by atoms with Gasteiger partial charge in [0.1, 0.15) is 0 Å². The van der Waals surface area contributed by atoms with Gasteiger partial charge in [-0.1, -0.05) is 29.3 Å². The second-order valence-corrected chi connectivity index (χ2v) is 9.70. The minimum absolute atomic E-state index is 0.0415. The van der Waals surface area contributed by atoms with Crippen LogP contribution in [0.2, 0.25) is 5.02 Å². The van der Waals surface area contributed by atoms with Crippen molar-refractivity contribution < 1.29 is 19.1 Å². The summed E-state index contributed by atoms with van der Waals surface area (Å²) in [4.78, 5) is 30.3. The molecule has 0 saturated carbocycles. The molecule has 0 aliphatic carbocycles. The highest BCUT2D eigenvalue weighted by molar-refractivity contribution is 7.12. The molecule has 0 bridgehead atoms. The number of amides is 2. The van der Waals surface area contributed by atoms with E-state index in [1.165, 1.54) is 11.3 Å². The monoisotopic (exact) mass is 497 g/mol. The molecule has 0 radical (unpaired) electrons. The predicted molar refractivity (Wildman–Crippen MR) is 132 cm³/mol. The summed E-state index contributed by atoms with van der Waals surface area (Å²) in [5.41, 5.74) is 3.33. The number of nitrogens with one attached hydrogen (secondary N) is 1. The lowest BCUT2D eigenvalue weighted by atomic mass is 10.1. The summed E-state index contributed by atoms with van der Waals surface area (Å²) >= 11 is 7.71. The molecule has 1 aromatic heterocycles. The number of fused-ring (bicyclic) bond motifs is 1. The molecule has 1 fully saturated rings. The zero-order valence-electron chi connectivity index (χ0n) is 18.7. The van der Waals surface area contributed by atoms with Gasteiger partial charge in [0.15, 0.2) is 11.5 Å². The quantitative estimate of drug-likeness (QED) is 0.555. The van der Waals surface area contributed by atoms with Crippen molar-refractivity contribution in [1.82, 2.24) is 9.80 Å². The number of aryl methyl sites for hydroxylation is 1. The summed E-state index contributed by atoms with van der Waals surface area (Å²) in [7, 11) is 0. The van der Waals surface area contributed by atoms with Gasteiger partial charge in [0.25, 0.3) is 11.8 Å². The maximum Gasteiger partial charge on any atom is 0.264 e. The van der Waals surface area contributed by atoms with Gasteiger partial charge >= 0.3 is 0 Å². The van der Waals surface area contributed by atoms with Crippen LogP contribution in [0.4, 0.5) is 5.69 Å². The molecule has 3 heterocycles. The van der Waals surface area contributed by atoms with Gasteiger partial charge in [-0.3, -0.25) is 14.5 Å². The molecule has 0 spiro atoms. The molecule has 1 N–H and O–H groups in total. The van der Waals surface area contributed by atoms with Crippen LogP contribution in [0.1, 0.15) is 31.2 Å². The molecule has 0 unspecified atom stereocenters. The van der Waals surface area contributed by atoms with Crippen molar-refractivity contribution in [3.05, 3.63) is 74.4 Å². The Balaban J connectivity index is 1.16. The highest BCUT2D eigenvalue weighted by atomic mass is 35.5. The fourth-order valence-electron chi connectivity index (χ4n) is 3.99. The van der Waals surface area contributed by atoms with Crippen molar-refractivity contribution in [2.24, 2.45) is 0 Å². The number of halogens is 1. The highest BCUT2D eigenvalue weighted by Crippen LogP contribution is 2.37. The molecular weight excluding hydrogens is 474 g/mol. The SMILES string of the molecule is Cc1ccc(NC(=O)c2csc(C(=O)N3CCN(Cc4cc5c(cc4Cl)OCO5)CC3)c2)cc1. The van der Waals surface area contributed by atoms with Crippen LogP contribution in [0.25, 0.3) is 0 Å². The number of anilines is 1. The molecule has 3 aromatic rings. The van der Waals surface area contributed by atoms with Gasteiger partial charge < -0.3 is 19.7 Å². The lowest BCUT2D eigenvalue weighted by Crippen LogP contribution is -2.48. The molecule has 5 rings (SSSR count). The number of rotatable bonds is 5.